The molecule has 0 spiro atoms. The molecule has 8 heteroatoms. The quantitative estimate of drug-likeness (QED) is 0.0992. The van der Waals surface area contributed by atoms with Gasteiger partial charge in [-0.25, -0.2) is 4.79 Å². The van der Waals surface area contributed by atoms with Crippen LogP contribution in [0.15, 0.2) is 120 Å². The normalized spacial score (nSPS) is 11.6. The maximum Gasteiger partial charge on any atom is 0.410 e. The van der Waals surface area contributed by atoms with Crippen molar-refractivity contribution >= 4 is 22.7 Å². The number of carbonyl (C=O) groups excluding carboxylic acids is 1. The lowest BCUT2D eigenvalue weighted by molar-refractivity contribution is 0.0682. The molecule has 0 saturated carbocycles. The first kappa shape index (κ1) is 32.3. The number of ether oxygens (including phenoxy) is 2. The summed E-state index contributed by atoms with van der Waals surface area (Å²) in [5, 5.41) is 15.6. The van der Waals surface area contributed by atoms with E-state index in [0.717, 1.165) is 49.0 Å². The maximum absolute atomic E-state index is 13.3. The lowest BCUT2D eigenvalue weighted by Gasteiger charge is -2.26. The number of pyridine rings is 1. The number of aromatic amines is 1. The average Bonchev–Trinajstić information content (AvgIpc) is 3.09. The Morgan fingerprint density at radius 1 is 0.761 bits per heavy atom. The van der Waals surface area contributed by atoms with Gasteiger partial charge < -0.3 is 29.8 Å². The summed E-state index contributed by atoms with van der Waals surface area (Å²) < 4.78 is 11.7. The SMILES string of the molecule is O=C(OCc1ccccc1)N(CCCCCCNc1ccccc1)C[C@H](O)c1ccc(OCc2ccccc2)c2[nH]c(=O)ccc12. The number of aromatic nitrogens is 1. The molecule has 46 heavy (non-hydrogen) atoms. The zero-order valence-corrected chi connectivity index (χ0v) is 25.9. The van der Waals surface area contributed by atoms with Gasteiger partial charge in [0.1, 0.15) is 19.0 Å². The third-order valence-corrected chi connectivity index (χ3v) is 7.80. The van der Waals surface area contributed by atoms with Crippen molar-refractivity contribution in [2.75, 3.05) is 25.0 Å². The second kappa shape index (κ2) is 16.8. The van der Waals surface area contributed by atoms with Gasteiger partial charge in [-0.2, -0.15) is 0 Å². The van der Waals surface area contributed by atoms with Gasteiger partial charge in [0, 0.05) is 30.2 Å². The van der Waals surface area contributed by atoms with E-state index in [1.54, 1.807) is 23.1 Å². The van der Waals surface area contributed by atoms with Gasteiger partial charge in [-0.15, -0.1) is 0 Å². The first-order chi connectivity index (χ1) is 22.6. The van der Waals surface area contributed by atoms with E-state index in [4.69, 9.17) is 9.47 Å². The highest BCUT2D eigenvalue weighted by molar-refractivity contribution is 5.87. The monoisotopic (exact) mass is 619 g/mol. The van der Waals surface area contributed by atoms with Crippen LogP contribution in [0.3, 0.4) is 0 Å². The summed E-state index contributed by atoms with van der Waals surface area (Å²) in [5.41, 5.74) is 3.82. The van der Waals surface area contributed by atoms with E-state index in [9.17, 15) is 14.7 Å². The standard InChI is InChI=1S/C38H41N3O5/c42-34(32-20-22-35(37-33(32)21-23-36(43)40-37)45-27-29-14-6-3-7-15-29)26-41(38(44)46-28-30-16-8-4-9-17-30)25-13-2-1-12-24-39-31-18-10-5-11-19-31/h3-11,14-23,34,39,42H,1-2,12-13,24-28H2,(H,40,43)/t34-/m0/s1. The first-order valence-electron chi connectivity index (χ1n) is 15.8. The van der Waals surface area contributed by atoms with E-state index in [0.29, 0.717) is 35.4 Å². The number of amides is 1. The molecule has 5 aromatic rings. The van der Waals surface area contributed by atoms with Gasteiger partial charge in [0.25, 0.3) is 0 Å². The number of hydrogen-bond donors (Lipinski definition) is 3. The fourth-order valence-electron chi connectivity index (χ4n) is 5.34. The molecular weight excluding hydrogens is 578 g/mol. The number of benzene rings is 4. The van der Waals surface area contributed by atoms with Crippen molar-refractivity contribution in [3.05, 3.63) is 142 Å². The zero-order chi connectivity index (χ0) is 32.0. The zero-order valence-electron chi connectivity index (χ0n) is 25.9. The highest BCUT2D eigenvalue weighted by atomic mass is 16.6. The number of aliphatic hydroxyl groups is 1. The Kier molecular flexibility index (Phi) is 11.8. The van der Waals surface area contributed by atoms with Crippen molar-refractivity contribution in [1.29, 1.82) is 0 Å². The minimum absolute atomic E-state index is 0.0433. The Morgan fingerprint density at radius 3 is 2.13 bits per heavy atom. The molecule has 0 unspecified atom stereocenters. The third-order valence-electron chi connectivity index (χ3n) is 7.80. The van der Waals surface area contributed by atoms with Crippen LogP contribution >= 0.6 is 0 Å². The number of aliphatic hydroxyl groups excluding tert-OH is 1. The van der Waals surface area contributed by atoms with Crippen LogP contribution in [0, 0.1) is 0 Å². The second-order valence-electron chi connectivity index (χ2n) is 11.2. The summed E-state index contributed by atoms with van der Waals surface area (Å²) in [5.74, 6) is 0.508. The molecular formula is C38H41N3O5. The molecule has 1 aromatic heterocycles. The van der Waals surface area contributed by atoms with E-state index in [-0.39, 0.29) is 18.7 Å². The van der Waals surface area contributed by atoms with Crippen LogP contribution in [-0.4, -0.2) is 40.7 Å². The van der Waals surface area contributed by atoms with E-state index in [2.05, 4.69) is 22.4 Å². The number of carbonyl (C=O) groups is 1. The Bertz CT molecular complexity index is 1710. The molecule has 0 aliphatic rings. The molecule has 1 amide bonds. The van der Waals surface area contributed by atoms with E-state index in [1.165, 1.54) is 6.07 Å². The molecule has 0 saturated heterocycles. The van der Waals surface area contributed by atoms with Crippen molar-refractivity contribution in [2.45, 2.75) is 45.0 Å². The summed E-state index contributed by atoms with van der Waals surface area (Å²) in [7, 11) is 0. The molecule has 3 N–H and O–H groups in total. The molecule has 0 radical (unpaired) electrons. The summed E-state index contributed by atoms with van der Waals surface area (Å²) in [6.45, 7) is 1.85. The molecule has 238 valence electrons. The van der Waals surface area contributed by atoms with Crippen molar-refractivity contribution in [3.63, 3.8) is 0 Å². The van der Waals surface area contributed by atoms with Crippen LogP contribution in [0.5, 0.6) is 5.75 Å². The summed E-state index contributed by atoms with van der Waals surface area (Å²) in [4.78, 5) is 30.0. The summed E-state index contributed by atoms with van der Waals surface area (Å²) in [6.07, 6.45) is 2.24. The number of para-hydroxylation sites is 1. The number of H-pyrrole nitrogens is 1. The number of hydrogen-bond acceptors (Lipinski definition) is 6. The van der Waals surface area contributed by atoms with Crippen LogP contribution in [-0.2, 0) is 18.0 Å². The summed E-state index contributed by atoms with van der Waals surface area (Å²) >= 11 is 0. The highest BCUT2D eigenvalue weighted by Gasteiger charge is 2.22. The molecule has 8 nitrogen and oxygen atoms in total. The minimum Gasteiger partial charge on any atom is -0.487 e. The average molecular weight is 620 g/mol. The molecule has 0 fully saturated rings. The van der Waals surface area contributed by atoms with E-state index >= 15 is 0 Å². The number of unbranched alkanes of at least 4 members (excludes halogenated alkanes) is 3. The fraction of sp³-hybridized carbons (Fsp3) is 0.263. The molecule has 1 atom stereocenters. The second-order valence-corrected chi connectivity index (χ2v) is 11.2. The van der Waals surface area contributed by atoms with Crippen LogP contribution in [0.2, 0.25) is 0 Å². The fourth-order valence-corrected chi connectivity index (χ4v) is 5.34. The van der Waals surface area contributed by atoms with Gasteiger partial charge >= 0.3 is 6.09 Å². The van der Waals surface area contributed by atoms with Crippen molar-refractivity contribution < 1.29 is 19.4 Å². The van der Waals surface area contributed by atoms with E-state index in [1.807, 2.05) is 78.9 Å². The van der Waals surface area contributed by atoms with Gasteiger partial charge in [-0.1, -0.05) is 97.8 Å². The third kappa shape index (κ3) is 9.46. The first-order valence-corrected chi connectivity index (χ1v) is 15.8. The molecule has 0 aliphatic carbocycles. The number of nitrogens with zero attached hydrogens (tertiary/aromatic N) is 1. The Balaban J connectivity index is 1.24. The van der Waals surface area contributed by atoms with Gasteiger partial charge in [0.15, 0.2) is 0 Å². The predicted molar refractivity (Wildman–Crippen MR) is 182 cm³/mol. The Hall–Kier alpha value is -5.08. The molecule has 1 heterocycles. The number of anilines is 1. The van der Waals surface area contributed by atoms with Crippen molar-refractivity contribution in [1.82, 2.24) is 9.88 Å². The minimum atomic E-state index is -1.02. The molecule has 4 aromatic carbocycles. The lowest BCUT2D eigenvalue weighted by Crippen LogP contribution is -2.36. The van der Waals surface area contributed by atoms with Gasteiger partial charge in [-0.3, -0.25) is 4.79 Å². The van der Waals surface area contributed by atoms with E-state index < -0.39 is 12.2 Å². The number of nitrogens with one attached hydrogen (secondary N) is 2. The van der Waals surface area contributed by atoms with Crippen LogP contribution in [0.1, 0.15) is 48.5 Å². The summed E-state index contributed by atoms with van der Waals surface area (Å²) in [6, 6.07) is 36.1. The van der Waals surface area contributed by atoms with Gasteiger partial charge in [0.05, 0.1) is 18.2 Å². The topological polar surface area (TPSA) is 104 Å². The smallest absolute Gasteiger partial charge is 0.410 e. The van der Waals surface area contributed by atoms with Gasteiger partial charge in [0.2, 0.25) is 5.56 Å². The van der Waals surface area contributed by atoms with Crippen molar-refractivity contribution in [2.24, 2.45) is 0 Å². The predicted octanol–water partition coefficient (Wildman–Crippen LogP) is 7.45. The molecule has 0 bridgehead atoms. The Morgan fingerprint density at radius 2 is 1.41 bits per heavy atom. The number of rotatable bonds is 16. The molecule has 0 aliphatic heterocycles. The largest absolute Gasteiger partial charge is 0.487 e. The van der Waals surface area contributed by atoms with Crippen LogP contribution in [0.25, 0.3) is 10.9 Å². The molecule has 5 rings (SSSR count). The van der Waals surface area contributed by atoms with Crippen molar-refractivity contribution in [3.8, 4) is 5.75 Å². The van der Waals surface area contributed by atoms with Gasteiger partial charge in [-0.05, 0) is 53.8 Å². The maximum atomic E-state index is 13.3. The number of fused-ring (bicyclic) bond motifs is 1. The highest BCUT2D eigenvalue weighted by Crippen LogP contribution is 2.31. The van der Waals surface area contributed by atoms with Crippen LogP contribution < -0.4 is 15.6 Å². The lowest BCUT2D eigenvalue weighted by atomic mass is 10.0. The Labute approximate surface area is 269 Å². The van der Waals surface area contributed by atoms with Crippen LogP contribution in [0.4, 0.5) is 10.5 Å².